The number of hydrogen-bond acceptors (Lipinski definition) is 6. The monoisotopic (exact) mass is 605 g/mol. The van der Waals surface area contributed by atoms with Gasteiger partial charge in [0.2, 0.25) is 0 Å². The molecule has 5 rings (SSSR count). The number of amides is 1. The van der Waals surface area contributed by atoms with Gasteiger partial charge in [-0.3, -0.25) is 4.98 Å². The molecular formula is C32H37ClFN7O2. The molecule has 1 aromatic carbocycles. The average Bonchev–Trinajstić information content (AvgIpc) is 3.40. The number of nitrogens with one attached hydrogen (secondary N) is 2. The van der Waals surface area contributed by atoms with Crippen LogP contribution in [0.5, 0.6) is 0 Å². The molecule has 4 N–H and O–H groups in total. The highest BCUT2D eigenvalue weighted by molar-refractivity contribution is 6.33. The molecule has 0 bridgehead atoms. The van der Waals surface area contributed by atoms with E-state index in [1.165, 1.54) is 18.2 Å². The van der Waals surface area contributed by atoms with E-state index in [4.69, 9.17) is 22.1 Å². The van der Waals surface area contributed by atoms with Gasteiger partial charge in [0.1, 0.15) is 17.3 Å². The summed E-state index contributed by atoms with van der Waals surface area (Å²) in [5.74, 6) is -0.300. The van der Waals surface area contributed by atoms with Crippen LogP contribution in [0.25, 0.3) is 16.6 Å². The second-order valence-electron chi connectivity index (χ2n) is 11.8. The number of hydrogen-bond donors (Lipinski definition) is 3. The smallest absolute Gasteiger partial charge is 0.407 e. The van der Waals surface area contributed by atoms with E-state index in [2.05, 4.69) is 38.7 Å². The van der Waals surface area contributed by atoms with Crippen molar-refractivity contribution < 1.29 is 13.9 Å². The van der Waals surface area contributed by atoms with E-state index in [0.29, 0.717) is 10.6 Å². The first kappa shape index (κ1) is 30.3. The van der Waals surface area contributed by atoms with Gasteiger partial charge >= 0.3 is 6.09 Å². The Labute approximate surface area is 255 Å². The van der Waals surface area contributed by atoms with Gasteiger partial charge in [0.05, 0.1) is 33.7 Å². The maximum Gasteiger partial charge on any atom is 0.407 e. The average molecular weight is 606 g/mol. The third kappa shape index (κ3) is 7.25. The summed E-state index contributed by atoms with van der Waals surface area (Å²) in [5.41, 5.74) is 11.6. The van der Waals surface area contributed by atoms with Crippen molar-refractivity contribution in [2.45, 2.75) is 77.5 Å². The molecule has 11 heteroatoms. The van der Waals surface area contributed by atoms with Crippen molar-refractivity contribution in [2.75, 3.05) is 5.32 Å². The molecule has 3 aromatic heterocycles. The van der Waals surface area contributed by atoms with Crippen LogP contribution in [0, 0.1) is 5.82 Å². The second kappa shape index (κ2) is 12.6. The number of pyridine rings is 1. The van der Waals surface area contributed by atoms with Crippen LogP contribution in [0.15, 0.2) is 60.1 Å². The van der Waals surface area contributed by atoms with E-state index in [0.717, 1.165) is 60.0 Å². The number of anilines is 1. The standard InChI is InChI=1S/C32H37ClFN7O2/c1-5-19-16-36-13-12-24(19)20-14-28-29(38-22-7-9-23(10-8-22)39-31(42)43-32(2,3)4)25(17-37-41(28)18-20)30(35)40-27-15-21(34)6-11-26(27)33/h6,11-18,22-23,38H,5,7-10H2,1-4H3,(H2,35,40)(H,39,42). The number of carbonyl (C=O) groups is 1. The summed E-state index contributed by atoms with van der Waals surface area (Å²) in [6, 6.07) is 8.19. The van der Waals surface area contributed by atoms with Crippen molar-refractivity contribution in [3.63, 3.8) is 0 Å². The number of alkyl carbamates (subject to hydrolysis) is 1. The lowest BCUT2D eigenvalue weighted by atomic mass is 9.91. The highest BCUT2D eigenvalue weighted by Gasteiger charge is 2.26. The van der Waals surface area contributed by atoms with Gasteiger partial charge in [-0.2, -0.15) is 5.10 Å². The summed E-state index contributed by atoms with van der Waals surface area (Å²) < 4.78 is 21.2. The van der Waals surface area contributed by atoms with Crippen molar-refractivity contribution in [3.8, 4) is 11.1 Å². The molecule has 0 aliphatic heterocycles. The minimum Gasteiger partial charge on any atom is -0.444 e. The van der Waals surface area contributed by atoms with E-state index in [1.54, 1.807) is 12.4 Å². The molecule has 0 atom stereocenters. The zero-order valence-corrected chi connectivity index (χ0v) is 25.6. The first-order valence-corrected chi connectivity index (χ1v) is 14.9. The molecule has 1 aliphatic carbocycles. The van der Waals surface area contributed by atoms with Gasteiger partial charge in [-0.15, -0.1) is 0 Å². The summed E-state index contributed by atoms with van der Waals surface area (Å²) >= 11 is 6.29. The van der Waals surface area contributed by atoms with E-state index >= 15 is 0 Å². The summed E-state index contributed by atoms with van der Waals surface area (Å²) in [5, 5.41) is 11.6. The van der Waals surface area contributed by atoms with Gasteiger partial charge in [0, 0.05) is 42.3 Å². The minimum atomic E-state index is -0.548. The number of ether oxygens (including phenoxy) is 1. The van der Waals surface area contributed by atoms with E-state index < -0.39 is 17.5 Å². The van der Waals surface area contributed by atoms with Crippen LogP contribution in [-0.4, -0.2) is 44.2 Å². The van der Waals surface area contributed by atoms with E-state index in [-0.39, 0.29) is 23.6 Å². The summed E-state index contributed by atoms with van der Waals surface area (Å²) in [4.78, 5) is 21.1. The molecule has 0 unspecified atom stereocenters. The van der Waals surface area contributed by atoms with Crippen LogP contribution in [0.4, 0.5) is 20.6 Å². The number of nitrogens with zero attached hydrogens (tertiary/aromatic N) is 4. The summed E-state index contributed by atoms with van der Waals surface area (Å²) in [6.07, 6.45) is 11.0. The van der Waals surface area contributed by atoms with Crippen LogP contribution in [0.1, 0.15) is 64.5 Å². The lowest BCUT2D eigenvalue weighted by Crippen LogP contribution is -2.42. The van der Waals surface area contributed by atoms with Gasteiger partial charge in [-0.1, -0.05) is 18.5 Å². The maximum atomic E-state index is 14.0. The molecule has 4 aromatic rings. The van der Waals surface area contributed by atoms with Gasteiger partial charge in [-0.05, 0) is 88.3 Å². The molecule has 0 saturated heterocycles. The van der Waals surface area contributed by atoms with Crippen LogP contribution >= 0.6 is 11.6 Å². The van der Waals surface area contributed by atoms with Gasteiger partial charge in [0.25, 0.3) is 0 Å². The summed E-state index contributed by atoms with van der Waals surface area (Å²) in [6.45, 7) is 7.65. The predicted molar refractivity (Wildman–Crippen MR) is 169 cm³/mol. The number of amidine groups is 1. The normalized spacial score (nSPS) is 17.6. The van der Waals surface area contributed by atoms with E-state index in [9.17, 15) is 9.18 Å². The van der Waals surface area contributed by atoms with Crippen molar-refractivity contribution in [1.82, 2.24) is 19.9 Å². The second-order valence-corrected chi connectivity index (χ2v) is 12.2. The Morgan fingerprint density at radius 3 is 2.63 bits per heavy atom. The fourth-order valence-electron chi connectivity index (χ4n) is 5.36. The molecule has 0 spiro atoms. The molecule has 226 valence electrons. The minimum absolute atomic E-state index is 0.0330. The zero-order chi connectivity index (χ0) is 30.7. The third-order valence-electron chi connectivity index (χ3n) is 7.45. The van der Waals surface area contributed by atoms with Gasteiger partial charge < -0.3 is 21.1 Å². The third-order valence-corrected chi connectivity index (χ3v) is 7.77. The van der Waals surface area contributed by atoms with Crippen molar-refractivity contribution >= 4 is 40.4 Å². The Hall–Kier alpha value is -4.18. The lowest BCUT2D eigenvalue weighted by molar-refractivity contribution is 0.0492. The summed E-state index contributed by atoms with van der Waals surface area (Å²) in [7, 11) is 0. The Bertz CT molecular complexity index is 1660. The van der Waals surface area contributed by atoms with E-state index in [1.807, 2.05) is 43.7 Å². The number of rotatable bonds is 7. The molecule has 43 heavy (non-hydrogen) atoms. The van der Waals surface area contributed by atoms with Crippen LogP contribution < -0.4 is 16.4 Å². The number of carbonyl (C=O) groups excluding carboxylic acids is 1. The van der Waals surface area contributed by atoms with Crippen LogP contribution in [-0.2, 0) is 11.2 Å². The first-order chi connectivity index (χ1) is 20.5. The van der Waals surface area contributed by atoms with Crippen molar-refractivity contribution in [3.05, 3.63) is 77.1 Å². The Kier molecular flexibility index (Phi) is 8.87. The number of benzene rings is 1. The number of halogens is 2. The molecule has 9 nitrogen and oxygen atoms in total. The van der Waals surface area contributed by atoms with Crippen LogP contribution in [0.3, 0.4) is 0 Å². The zero-order valence-electron chi connectivity index (χ0n) is 24.8. The highest BCUT2D eigenvalue weighted by atomic mass is 35.5. The Morgan fingerprint density at radius 1 is 1.16 bits per heavy atom. The van der Waals surface area contributed by atoms with Crippen molar-refractivity contribution in [2.24, 2.45) is 10.7 Å². The highest BCUT2D eigenvalue weighted by Crippen LogP contribution is 2.33. The maximum absolute atomic E-state index is 14.0. The number of fused-ring (bicyclic) bond motifs is 1. The quantitative estimate of drug-likeness (QED) is 0.154. The molecule has 1 amide bonds. The molecule has 1 saturated carbocycles. The number of aryl methyl sites for hydroxylation is 1. The topological polar surface area (TPSA) is 119 Å². The largest absolute Gasteiger partial charge is 0.444 e. The molecular weight excluding hydrogens is 569 g/mol. The van der Waals surface area contributed by atoms with Crippen molar-refractivity contribution in [1.29, 1.82) is 0 Å². The molecule has 1 aliphatic rings. The fourth-order valence-corrected chi connectivity index (χ4v) is 5.52. The Morgan fingerprint density at radius 2 is 1.91 bits per heavy atom. The lowest BCUT2D eigenvalue weighted by Gasteiger charge is -2.31. The fraction of sp³-hybridized carbons (Fsp3) is 0.375. The number of aliphatic imine (C=N–C) groups is 1. The number of aromatic nitrogens is 3. The predicted octanol–water partition coefficient (Wildman–Crippen LogP) is 7.04. The van der Waals surface area contributed by atoms with Gasteiger partial charge in [0.15, 0.2) is 0 Å². The molecule has 3 heterocycles. The molecule has 1 fully saturated rings. The number of nitrogens with two attached hydrogens (primary N) is 1. The SMILES string of the molecule is CCc1cnccc1-c1cc2c(NC3CCC(NC(=O)OC(C)(C)C)CC3)c(C(N)=Nc3cc(F)ccc3Cl)cnn2c1. The van der Waals surface area contributed by atoms with Gasteiger partial charge in [-0.25, -0.2) is 18.7 Å². The Balaban J connectivity index is 1.47. The first-order valence-electron chi connectivity index (χ1n) is 14.5. The molecule has 0 radical (unpaired) electrons. The van der Waals surface area contributed by atoms with Crippen LogP contribution in [0.2, 0.25) is 5.02 Å².